The fourth-order valence-corrected chi connectivity index (χ4v) is 3.42. The lowest BCUT2D eigenvalue weighted by atomic mass is 9.64. The highest BCUT2D eigenvalue weighted by Crippen LogP contribution is 2.43. The van der Waals surface area contributed by atoms with Gasteiger partial charge in [-0.2, -0.15) is 0 Å². The third-order valence-electron chi connectivity index (χ3n) is 4.49. The molecule has 0 aromatic carbocycles. The molecular weight excluding hydrogens is 244 g/mol. The first-order valence-corrected chi connectivity index (χ1v) is 7.28. The Kier molecular flexibility index (Phi) is 4.22. The number of unbranched alkanes of at least 4 members (excludes halogenated alkanes) is 1. The first-order valence-electron chi connectivity index (χ1n) is 7.28. The lowest BCUT2D eigenvalue weighted by Crippen LogP contribution is -2.65. The standard InChI is InChI=1S/C14H22N2O3/c1-2-3-9-14(10-7-5-4-6-8-10)11(17)15-13(19)16-12(14)18/h10H,2-9H2,1H3,(H2,15,16,17,18,19). The second-order valence-corrected chi connectivity index (χ2v) is 5.65. The minimum absolute atomic E-state index is 0.0703. The van der Waals surface area contributed by atoms with E-state index in [-0.39, 0.29) is 17.7 Å². The number of amides is 4. The molecule has 0 aromatic rings. The molecule has 0 radical (unpaired) electrons. The van der Waals surface area contributed by atoms with Crippen LogP contribution in [0.15, 0.2) is 0 Å². The van der Waals surface area contributed by atoms with Gasteiger partial charge in [-0.15, -0.1) is 0 Å². The zero-order chi connectivity index (χ0) is 13.9. The number of barbiturate groups is 1. The Bertz CT molecular complexity index is 366. The Balaban J connectivity index is 2.29. The fourth-order valence-electron chi connectivity index (χ4n) is 3.42. The van der Waals surface area contributed by atoms with Gasteiger partial charge in [-0.1, -0.05) is 39.0 Å². The van der Waals surface area contributed by atoms with Crippen LogP contribution in [0.4, 0.5) is 4.79 Å². The topological polar surface area (TPSA) is 75.3 Å². The summed E-state index contributed by atoms with van der Waals surface area (Å²) >= 11 is 0. The van der Waals surface area contributed by atoms with Crippen molar-refractivity contribution in [2.45, 2.75) is 58.3 Å². The van der Waals surface area contributed by atoms with Crippen LogP contribution in [0.2, 0.25) is 0 Å². The molecule has 2 rings (SSSR count). The summed E-state index contributed by atoms with van der Waals surface area (Å²) in [5, 5.41) is 4.59. The van der Waals surface area contributed by atoms with E-state index in [0.717, 1.165) is 38.5 Å². The number of hydrogen-bond acceptors (Lipinski definition) is 3. The van der Waals surface area contributed by atoms with E-state index in [4.69, 9.17) is 0 Å². The van der Waals surface area contributed by atoms with Gasteiger partial charge in [0.2, 0.25) is 11.8 Å². The highest BCUT2D eigenvalue weighted by molar-refractivity contribution is 6.19. The smallest absolute Gasteiger partial charge is 0.277 e. The molecule has 106 valence electrons. The molecule has 1 aliphatic carbocycles. The third kappa shape index (κ3) is 2.51. The molecule has 19 heavy (non-hydrogen) atoms. The van der Waals surface area contributed by atoms with Crippen molar-refractivity contribution in [3.05, 3.63) is 0 Å². The lowest BCUT2D eigenvalue weighted by molar-refractivity contribution is -0.150. The van der Waals surface area contributed by atoms with Crippen LogP contribution in [0.5, 0.6) is 0 Å². The predicted molar refractivity (Wildman–Crippen MR) is 70.2 cm³/mol. The van der Waals surface area contributed by atoms with Crippen LogP contribution >= 0.6 is 0 Å². The summed E-state index contributed by atoms with van der Waals surface area (Å²) in [6.45, 7) is 2.04. The zero-order valence-electron chi connectivity index (χ0n) is 11.5. The van der Waals surface area contributed by atoms with Gasteiger partial charge in [-0.05, 0) is 25.2 Å². The average Bonchev–Trinajstić information content (AvgIpc) is 2.39. The van der Waals surface area contributed by atoms with E-state index in [1.54, 1.807) is 0 Å². The average molecular weight is 266 g/mol. The number of imide groups is 2. The van der Waals surface area contributed by atoms with Crippen molar-refractivity contribution < 1.29 is 14.4 Å². The van der Waals surface area contributed by atoms with Crippen molar-refractivity contribution >= 4 is 17.8 Å². The minimum Gasteiger partial charge on any atom is -0.277 e. The summed E-state index contributed by atoms with van der Waals surface area (Å²) in [7, 11) is 0. The van der Waals surface area contributed by atoms with Crippen molar-refractivity contribution in [3.63, 3.8) is 0 Å². The summed E-state index contributed by atoms with van der Waals surface area (Å²) in [6.07, 6.45) is 7.40. The van der Waals surface area contributed by atoms with Gasteiger partial charge in [0.05, 0.1) is 0 Å². The van der Waals surface area contributed by atoms with Crippen molar-refractivity contribution in [1.82, 2.24) is 10.6 Å². The van der Waals surface area contributed by atoms with E-state index >= 15 is 0 Å². The molecule has 0 spiro atoms. The van der Waals surface area contributed by atoms with Gasteiger partial charge in [-0.3, -0.25) is 20.2 Å². The Labute approximate surface area is 113 Å². The molecule has 2 N–H and O–H groups in total. The fraction of sp³-hybridized carbons (Fsp3) is 0.786. The second kappa shape index (κ2) is 5.72. The molecule has 0 unspecified atom stereocenters. The number of carbonyl (C=O) groups is 3. The first kappa shape index (κ1) is 14.0. The van der Waals surface area contributed by atoms with Crippen molar-refractivity contribution in [3.8, 4) is 0 Å². The van der Waals surface area contributed by atoms with Crippen LogP contribution in [0.1, 0.15) is 58.3 Å². The van der Waals surface area contributed by atoms with Gasteiger partial charge in [0.25, 0.3) is 0 Å². The van der Waals surface area contributed by atoms with Crippen molar-refractivity contribution in [2.24, 2.45) is 11.3 Å². The van der Waals surface area contributed by atoms with Crippen molar-refractivity contribution in [1.29, 1.82) is 0 Å². The van der Waals surface area contributed by atoms with E-state index in [9.17, 15) is 14.4 Å². The predicted octanol–water partition coefficient (Wildman–Crippen LogP) is 2.11. The molecule has 1 heterocycles. The molecule has 2 aliphatic rings. The third-order valence-corrected chi connectivity index (χ3v) is 4.49. The van der Waals surface area contributed by atoms with Gasteiger partial charge < -0.3 is 0 Å². The van der Waals surface area contributed by atoms with Crippen LogP contribution in [0.25, 0.3) is 0 Å². The number of carbonyl (C=O) groups excluding carboxylic acids is 3. The molecule has 0 atom stereocenters. The van der Waals surface area contributed by atoms with E-state index in [0.29, 0.717) is 6.42 Å². The molecule has 1 saturated carbocycles. The highest BCUT2D eigenvalue weighted by atomic mass is 16.2. The highest BCUT2D eigenvalue weighted by Gasteiger charge is 2.54. The van der Waals surface area contributed by atoms with Gasteiger partial charge in [-0.25, -0.2) is 4.79 Å². The molecule has 5 heteroatoms. The molecule has 2 fully saturated rings. The molecule has 1 saturated heterocycles. The Hall–Kier alpha value is -1.39. The molecule has 4 amide bonds. The monoisotopic (exact) mass is 266 g/mol. The normalized spacial score (nSPS) is 23.9. The van der Waals surface area contributed by atoms with Gasteiger partial charge in [0.1, 0.15) is 5.41 Å². The maximum absolute atomic E-state index is 12.3. The molecule has 5 nitrogen and oxygen atoms in total. The van der Waals surface area contributed by atoms with E-state index in [2.05, 4.69) is 10.6 Å². The van der Waals surface area contributed by atoms with E-state index in [1.807, 2.05) is 6.92 Å². The van der Waals surface area contributed by atoms with Gasteiger partial charge in [0.15, 0.2) is 0 Å². The first-order chi connectivity index (χ1) is 9.11. The number of nitrogens with one attached hydrogen (secondary N) is 2. The van der Waals surface area contributed by atoms with E-state index < -0.39 is 11.4 Å². The summed E-state index contributed by atoms with van der Waals surface area (Å²) in [5.74, 6) is -0.705. The van der Waals surface area contributed by atoms with Gasteiger partial charge in [0, 0.05) is 0 Å². The number of hydrogen-bond donors (Lipinski definition) is 2. The number of rotatable bonds is 4. The van der Waals surface area contributed by atoms with Crippen molar-refractivity contribution in [2.75, 3.05) is 0 Å². The summed E-state index contributed by atoms with van der Waals surface area (Å²) < 4.78 is 0. The van der Waals surface area contributed by atoms with Crippen LogP contribution in [0, 0.1) is 11.3 Å². The second-order valence-electron chi connectivity index (χ2n) is 5.65. The SMILES string of the molecule is CCCCC1(C2CCCCC2)C(=O)NC(=O)NC1=O. The maximum atomic E-state index is 12.3. The van der Waals surface area contributed by atoms with Crippen LogP contribution in [-0.4, -0.2) is 17.8 Å². The maximum Gasteiger partial charge on any atom is 0.328 e. The largest absolute Gasteiger partial charge is 0.328 e. The lowest BCUT2D eigenvalue weighted by Gasteiger charge is -2.41. The van der Waals surface area contributed by atoms with Crippen LogP contribution in [-0.2, 0) is 9.59 Å². The van der Waals surface area contributed by atoms with E-state index in [1.165, 1.54) is 6.42 Å². The summed E-state index contributed by atoms with van der Waals surface area (Å²) in [6, 6.07) is -0.682. The molecule has 0 bridgehead atoms. The number of urea groups is 1. The molecular formula is C14H22N2O3. The minimum atomic E-state index is -1.02. The van der Waals surface area contributed by atoms with Gasteiger partial charge >= 0.3 is 6.03 Å². The Morgan fingerprint density at radius 2 is 1.63 bits per heavy atom. The zero-order valence-corrected chi connectivity index (χ0v) is 11.5. The quantitative estimate of drug-likeness (QED) is 0.765. The van der Waals surface area contributed by atoms with Crippen LogP contribution < -0.4 is 10.6 Å². The Morgan fingerprint density at radius 1 is 1.05 bits per heavy atom. The Morgan fingerprint density at radius 3 is 2.16 bits per heavy atom. The van der Waals surface area contributed by atoms with Crippen LogP contribution in [0.3, 0.4) is 0 Å². The summed E-state index contributed by atoms with van der Waals surface area (Å²) in [5.41, 5.74) is -1.02. The molecule has 1 aliphatic heterocycles. The molecule has 0 aromatic heterocycles. The summed E-state index contributed by atoms with van der Waals surface area (Å²) in [4.78, 5) is 36.0.